The topological polar surface area (TPSA) is 107 Å². The third-order valence-electron chi connectivity index (χ3n) is 7.04. The van der Waals surface area contributed by atoms with E-state index in [4.69, 9.17) is 27.1 Å². The number of esters is 1. The quantitative estimate of drug-likeness (QED) is 0.350. The normalized spacial score (nSPS) is 20.9. The second-order valence-electron chi connectivity index (χ2n) is 8.52. The molecular formula is C23H20ClN3O4. The van der Waals surface area contributed by atoms with Crippen molar-refractivity contribution in [3.05, 3.63) is 55.3 Å². The summed E-state index contributed by atoms with van der Waals surface area (Å²) in [7, 11) is 0. The van der Waals surface area contributed by atoms with E-state index >= 15 is 0 Å². The van der Waals surface area contributed by atoms with Gasteiger partial charge in [0.1, 0.15) is 6.61 Å². The van der Waals surface area contributed by atoms with E-state index < -0.39 is 11.6 Å². The predicted molar refractivity (Wildman–Crippen MR) is 116 cm³/mol. The molecule has 1 atom stereocenters. The van der Waals surface area contributed by atoms with Gasteiger partial charge in [-0.25, -0.2) is 9.78 Å². The summed E-state index contributed by atoms with van der Waals surface area (Å²) in [4.78, 5) is 30.6. The Balaban J connectivity index is 1.68. The standard InChI is InChI=1S/C23H20ClN3O4/c1-2-23(30)14-6-17-20-12(8-27(17)21(28)13(14)9-31-22(23)29)10-4-3-5-11-18(10)16(26-20)7-15(24)19(11)25/h6-7,30H,2-5,8-9,25H2,1H3/t23-/m0/s1. The van der Waals surface area contributed by atoms with E-state index in [1.807, 2.05) is 0 Å². The molecule has 0 radical (unpaired) electrons. The molecule has 2 aromatic heterocycles. The van der Waals surface area contributed by atoms with Gasteiger partial charge in [-0.3, -0.25) is 4.79 Å². The average Bonchev–Trinajstić information content (AvgIpc) is 3.14. The number of nitrogens with zero attached hydrogens (tertiary/aromatic N) is 2. The zero-order valence-corrected chi connectivity index (χ0v) is 17.7. The van der Waals surface area contributed by atoms with Gasteiger partial charge in [-0.05, 0) is 48.9 Å². The summed E-state index contributed by atoms with van der Waals surface area (Å²) in [6.07, 6.45) is 2.78. The summed E-state index contributed by atoms with van der Waals surface area (Å²) in [5.74, 6) is -0.724. The van der Waals surface area contributed by atoms with E-state index in [9.17, 15) is 14.7 Å². The third-order valence-corrected chi connectivity index (χ3v) is 7.36. The summed E-state index contributed by atoms with van der Waals surface area (Å²) in [6.45, 7) is 1.96. The van der Waals surface area contributed by atoms with E-state index in [0.717, 1.165) is 46.9 Å². The lowest BCUT2D eigenvalue weighted by molar-refractivity contribution is -0.172. The molecule has 31 heavy (non-hydrogen) atoms. The van der Waals surface area contributed by atoms with Gasteiger partial charge in [0.15, 0.2) is 5.60 Å². The predicted octanol–water partition coefficient (Wildman–Crippen LogP) is 2.80. The van der Waals surface area contributed by atoms with Crippen LogP contribution in [0.15, 0.2) is 16.9 Å². The van der Waals surface area contributed by atoms with Gasteiger partial charge >= 0.3 is 5.97 Å². The fraction of sp³-hybridized carbons (Fsp3) is 0.348. The highest BCUT2D eigenvalue weighted by molar-refractivity contribution is 6.34. The van der Waals surface area contributed by atoms with Crippen molar-refractivity contribution < 1.29 is 14.6 Å². The van der Waals surface area contributed by atoms with Crippen molar-refractivity contribution in [3.63, 3.8) is 0 Å². The molecule has 0 saturated carbocycles. The fourth-order valence-electron chi connectivity index (χ4n) is 5.38. The average molecular weight is 438 g/mol. The number of carbonyl (C=O) groups is 1. The Kier molecular flexibility index (Phi) is 3.69. The largest absolute Gasteiger partial charge is 0.458 e. The Morgan fingerprint density at radius 3 is 2.77 bits per heavy atom. The van der Waals surface area contributed by atoms with Crippen LogP contribution in [0.25, 0.3) is 22.3 Å². The number of cyclic esters (lactones) is 1. The van der Waals surface area contributed by atoms with Crippen LogP contribution in [0.3, 0.4) is 0 Å². The number of aryl methyl sites for hydroxylation is 2. The number of benzene rings is 1. The van der Waals surface area contributed by atoms with Crippen LogP contribution in [-0.2, 0) is 41.1 Å². The zero-order valence-electron chi connectivity index (χ0n) is 16.9. The highest BCUT2D eigenvalue weighted by Gasteiger charge is 2.45. The lowest BCUT2D eigenvalue weighted by Crippen LogP contribution is -2.44. The van der Waals surface area contributed by atoms with Crippen LogP contribution in [0.2, 0.25) is 5.02 Å². The highest BCUT2D eigenvalue weighted by Crippen LogP contribution is 2.44. The number of fused-ring (bicyclic) bond motifs is 5. The van der Waals surface area contributed by atoms with Crippen molar-refractivity contribution in [1.29, 1.82) is 0 Å². The number of ether oxygens (including phenoxy) is 1. The molecule has 0 bridgehead atoms. The van der Waals surface area contributed by atoms with Gasteiger partial charge in [-0.2, -0.15) is 0 Å². The van der Waals surface area contributed by atoms with E-state index in [1.54, 1.807) is 23.6 Å². The van der Waals surface area contributed by atoms with Gasteiger partial charge in [0, 0.05) is 16.5 Å². The summed E-state index contributed by atoms with van der Waals surface area (Å²) < 4.78 is 6.81. The Morgan fingerprint density at radius 2 is 2.00 bits per heavy atom. The summed E-state index contributed by atoms with van der Waals surface area (Å²) in [5, 5.41) is 12.5. The number of aliphatic hydroxyl groups is 1. The molecule has 8 heteroatoms. The van der Waals surface area contributed by atoms with Crippen LogP contribution < -0.4 is 11.3 Å². The van der Waals surface area contributed by atoms with Crippen molar-refractivity contribution in [3.8, 4) is 11.4 Å². The lowest BCUT2D eigenvalue weighted by atomic mass is 9.85. The van der Waals surface area contributed by atoms with Crippen LogP contribution in [0.5, 0.6) is 0 Å². The van der Waals surface area contributed by atoms with Crippen LogP contribution >= 0.6 is 11.6 Å². The molecule has 158 valence electrons. The fourth-order valence-corrected chi connectivity index (χ4v) is 5.60. The van der Waals surface area contributed by atoms with E-state index in [2.05, 4.69) is 0 Å². The summed E-state index contributed by atoms with van der Waals surface area (Å²) in [6, 6.07) is 3.52. The van der Waals surface area contributed by atoms with Gasteiger partial charge in [0.25, 0.3) is 5.56 Å². The molecule has 0 fully saturated rings. The van der Waals surface area contributed by atoms with Crippen LogP contribution in [0, 0.1) is 0 Å². The number of aromatic nitrogens is 2. The van der Waals surface area contributed by atoms with Gasteiger partial charge in [-0.1, -0.05) is 18.5 Å². The summed E-state index contributed by atoms with van der Waals surface area (Å²) >= 11 is 6.39. The molecule has 7 nitrogen and oxygen atoms in total. The molecule has 2 aliphatic heterocycles. The van der Waals surface area contributed by atoms with Crippen LogP contribution in [0.4, 0.5) is 5.69 Å². The number of carbonyl (C=O) groups excluding carboxylic acids is 1. The second-order valence-corrected chi connectivity index (χ2v) is 8.93. The summed E-state index contributed by atoms with van der Waals surface area (Å²) in [5.41, 5.74) is 10.7. The molecule has 0 unspecified atom stereocenters. The molecule has 6 rings (SSSR count). The molecule has 0 saturated heterocycles. The minimum absolute atomic E-state index is 0.114. The number of hydrogen-bond acceptors (Lipinski definition) is 6. The highest BCUT2D eigenvalue weighted by atomic mass is 35.5. The zero-order chi connectivity index (χ0) is 21.7. The minimum atomic E-state index is -1.83. The van der Waals surface area contributed by atoms with Crippen molar-refractivity contribution in [2.75, 3.05) is 5.73 Å². The molecule has 3 aromatic rings. The molecule has 3 aliphatic rings. The van der Waals surface area contributed by atoms with Crippen molar-refractivity contribution >= 4 is 34.2 Å². The number of rotatable bonds is 1. The SMILES string of the molecule is CC[C@@]1(O)C(=O)OCc2c1cc1n(c2=O)Cc2c-1nc1cc(Cl)c(N)c3c1c2CCC3. The monoisotopic (exact) mass is 437 g/mol. The molecule has 1 aromatic carbocycles. The Hall–Kier alpha value is -2.90. The van der Waals surface area contributed by atoms with Crippen molar-refractivity contribution in [1.82, 2.24) is 9.55 Å². The second kappa shape index (κ2) is 6.08. The maximum absolute atomic E-state index is 13.4. The van der Waals surface area contributed by atoms with Gasteiger partial charge in [0.2, 0.25) is 0 Å². The first-order chi connectivity index (χ1) is 14.8. The van der Waals surface area contributed by atoms with Crippen molar-refractivity contribution in [2.24, 2.45) is 0 Å². The Labute approximate surface area is 182 Å². The Morgan fingerprint density at radius 1 is 1.23 bits per heavy atom. The number of hydrogen-bond donors (Lipinski definition) is 2. The van der Waals surface area contributed by atoms with E-state index in [1.165, 1.54) is 0 Å². The molecule has 3 N–H and O–H groups in total. The lowest BCUT2D eigenvalue weighted by Gasteiger charge is -2.31. The maximum Gasteiger partial charge on any atom is 0.343 e. The number of nitrogen functional groups attached to an aromatic ring is 1. The van der Waals surface area contributed by atoms with Gasteiger partial charge in [-0.15, -0.1) is 0 Å². The number of halogens is 1. The smallest absolute Gasteiger partial charge is 0.343 e. The maximum atomic E-state index is 13.4. The first-order valence-electron chi connectivity index (χ1n) is 10.4. The minimum Gasteiger partial charge on any atom is -0.458 e. The number of anilines is 1. The molecular weight excluding hydrogens is 418 g/mol. The van der Waals surface area contributed by atoms with E-state index in [-0.39, 0.29) is 18.6 Å². The first-order valence-corrected chi connectivity index (χ1v) is 10.8. The molecule has 0 amide bonds. The Bertz CT molecular complexity index is 1410. The molecule has 0 spiro atoms. The molecule has 4 heterocycles. The van der Waals surface area contributed by atoms with Gasteiger partial charge in [0.05, 0.1) is 39.7 Å². The van der Waals surface area contributed by atoms with Crippen molar-refractivity contribution in [2.45, 2.75) is 51.4 Å². The number of pyridine rings is 2. The first kappa shape index (κ1) is 18.8. The van der Waals surface area contributed by atoms with E-state index in [0.29, 0.717) is 39.8 Å². The van der Waals surface area contributed by atoms with Crippen LogP contribution in [0.1, 0.15) is 47.6 Å². The third kappa shape index (κ3) is 2.25. The number of nitrogens with two attached hydrogens (primary N) is 1. The van der Waals surface area contributed by atoms with Crippen LogP contribution in [-0.4, -0.2) is 20.6 Å². The van der Waals surface area contributed by atoms with Gasteiger partial charge < -0.3 is 20.1 Å². The molecule has 1 aliphatic carbocycles.